The van der Waals surface area contributed by atoms with Crippen molar-refractivity contribution in [3.05, 3.63) is 0 Å². The third-order valence-electron chi connectivity index (χ3n) is 2.74. The van der Waals surface area contributed by atoms with Crippen LogP contribution in [0.2, 0.25) is 0 Å². The van der Waals surface area contributed by atoms with Crippen molar-refractivity contribution in [3.8, 4) is 0 Å². The lowest BCUT2D eigenvalue weighted by atomic mass is 9.96. The summed E-state index contributed by atoms with van der Waals surface area (Å²) in [5.74, 6) is -0.110. The van der Waals surface area contributed by atoms with E-state index in [1.54, 1.807) is 4.90 Å². The average molecular weight is 229 g/mol. The standard InChI is InChI=1S/C12H23NO3/c1-6-7-13(8-11(14)16-5)12(15)10(4)9(2)3/h9-10H,6-8H2,1-5H3. The van der Waals surface area contributed by atoms with Gasteiger partial charge in [0.1, 0.15) is 6.54 Å². The smallest absolute Gasteiger partial charge is 0.325 e. The molecule has 0 spiro atoms. The van der Waals surface area contributed by atoms with Crippen LogP contribution in [0, 0.1) is 11.8 Å². The van der Waals surface area contributed by atoms with Crippen molar-refractivity contribution in [1.82, 2.24) is 4.90 Å². The number of carbonyl (C=O) groups excluding carboxylic acids is 2. The Morgan fingerprint density at radius 3 is 2.19 bits per heavy atom. The Labute approximate surface area is 98.0 Å². The minimum Gasteiger partial charge on any atom is -0.468 e. The van der Waals surface area contributed by atoms with Gasteiger partial charge in [-0.1, -0.05) is 27.7 Å². The second kappa shape index (κ2) is 7.25. The molecule has 1 amide bonds. The van der Waals surface area contributed by atoms with E-state index in [9.17, 15) is 9.59 Å². The second-order valence-corrected chi connectivity index (χ2v) is 4.37. The van der Waals surface area contributed by atoms with Gasteiger partial charge in [-0.3, -0.25) is 9.59 Å². The molecule has 0 aromatic heterocycles. The fourth-order valence-corrected chi connectivity index (χ4v) is 1.33. The van der Waals surface area contributed by atoms with Crippen LogP contribution >= 0.6 is 0 Å². The van der Waals surface area contributed by atoms with Crippen LogP contribution in [0.15, 0.2) is 0 Å². The molecule has 0 saturated heterocycles. The highest BCUT2D eigenvalue weighted by molar-refractivity contribution is 5.83. The van der Waals surface area contributed by atoms with Gasteiger partial charge in [0.05, 0.1) is 7.11 Å². The lowest BCUT2D eigenvalue weighted by Gasteiger charge is -2.26. The van der Waals surface area contributed by atoms with E-state index >= 15 is 0 Å². The van der Waals surface area contributed by atoms with Crippen molar-refractivity contribution >= 4 is 11.9 Å². The van der Waals surface area contributed by atoms with E-state index < -0.39 is 0 Å². The molecular formula is C12H23NO3. The van der Waals surface area contributed by atoms with Gasteiger partial charge in [-0.05, 0) is 12.3 Å². The number of hydrogen-bond donors (Lipinski definition) is 0. The van der Waals surface area contributed by atoms with E-state index in [1.807, 2.05) is 27.7 Å². The van der Waals surface area contributed by atoms with Crippen LogP contribution in [-0.4, -0.2) is 37.0 Å². The molecular weight excluding hydrogens is 206 g/mol. The normalized spacial score (nSPS) is 12.4. The molecule has 0 radical (unpaired) electrons. The third-order valence-corrected chi connectivity index (χ3v) is 2.74. The first kappa shape index (κ1) is 14.9. The Bertz CT molecular complexity index is 238. The van der Waals surface area contributed by atoms with Crippen molar-refractivity contribution in [3.63, 3.8) is 0 Å². The maximum absolute atomic E-state index is 12.0. The first-order valence-electron chi connectivity index (χ1n) is 5.79. The predicted molar refractivity (Wildman–Crippen MR) is 62.9 cm³/mol. The fourth-order valence-electron chi connectivity index (χ4n) is 1.33. The molecule has 0 N–H and O–H groups in total. The highest BCUT2D eigenvalue weighted by Crippen LogP contribution is 2.13. The van der Waals surface area contributed by atoms with Crippen LogP contribution in [0.4, 0.5) is 0 Å². The molecule has 0 aliphatic carbocycles. The summed E-state index contributed by atoms with van der Waals surface area (Å²) in [6.07, 6.45) is 0.841. The Balaban J connectivity index is 4.51. The summed E-state index contributed by atoms with van der Waals surface area (Å²) < 4.78 is 4.58. The second-order valence-electron chi connectivity index (χ2n) is 4.37. The first-order valence-corrected chi connectivity index (χ1v) is 5.79. The van der Waals surface area contributed by atoms with Crippen molar-refractivity contribution in [2.45, 2.75) is 34.1 Å². The van der Waals surface area contributed by atoms with Crippen LogP contribution in [0.3, 0.4) is 0 Å². The van der Waals surface area contributed by atoms with Gasteiger partial charge < -0.3 is 9.64 Å². The van der Waals surface area contributed by atoms with Crippen LogP contribution in [0.25, 0.3) is 0 Å². The number of hydrogen-bond acceptors (Lipinski definition) is 3. The maximum atomic E-state index is 12.0. The van der Waals surface area contributed by atoms with Crippen LogP contribution in [0.5, 0.6) is 0 Å². The SMILES string of the molecule is CCCN(CC(=O)OC)C(=O)C(C)C(C)C. The molecule has 1 atom stereocenters. The fraction of sp³-hybridized carbons (Fsp3) is 0.833. The molecule has 0 bridgehead atoms. The molecule has 0 aromatic rings. The number of nitrogens with zero attached hydrogens (tertiary/aromatic N) is 1. The number of methoxy groups -OCH3 is 1. The van der Waals surface area contributed by atoms with Gasteiger partial charge in [0.2, 0.25) is 5.91 Å². The predicted octanol–water partition coefficient (Wildman–Crippen LogP) is 1.69. The Morgan fingerprint density at radius 2 is 1.81 bits per heavy atom. The molecule has 0 fully saturated rings. The average Bonchev–Trinajstić information content (AvgIpc) is 2.26. The molecule has 0 aliphatic heterocycles. The molecule has 0 aromatic carbocycles. The Morgan fingerprint density at radius 1 is 1.25 bits per heavy atom. The molecule has 0 aliphatic rings. The quantitative estimate of drug-likeness (QED) is 0.651. The zero-order chi connectivity index (χ0) is 12.7. The monoisotopic (exact) mass is 229 g/mol. The number of rotatable bonds is 6. The Hall–Kier alpha value is -1.06. The Kier molecular flexibility index (Phi) is 6.77. The maximum Gasteiger partial charge on any atom is 0.325 e. The van der Waals surface area contributed by atoms with Gasteiger partial charge in [-0.2, -0.15) is 0 Å². The van der Waals surface area contributed by atoms with E-state index in [4.69, 9.17) is 0 Å². The molecule has 0 heterocycles. The summed E-state index contributed by atoms with van der Waals surface area (Å²) >= 11 is 0. The highest BCUT2D eigenvalue weighted by atomic mass is 16.5. The topological polar surface area (TPSA) is 46.6 Å². The molecule has 0 saturated carbocycles. The van der Waals surface area contributed by atoms with E-state index in [2.05, 4.69) is 4.74 Å². The zero-order valence-corrected chi connectivity index (χ0v) is 10.9. The van der Waals surface area contributed by atoms with Crippen LogP contribution < -0.4 is 0 Å². The summed E-state index contributed by atoms with van der Waals surface area (Å²) in [5.41, 5.74) is 0. The minimum atomic E-state index is -0.363. The summed E-state index contributed by atoms with van der Waals surface area (Å²) in [6.45, 7) is 8.55. The highest BCUT2D eigenvalue weighted by Gasteiger charge is 2.24. The summed E-state index contributed by atoms with van der Waals surface area (Å²) in [5, 5.41) is 0. The lowest BCUT2D eigenvalue weighted by molar-refractivity contribution is -0.148. The molecule has 4 heteroatoms. The van der Waals surface area contributed by atoms with Gasteiger partial charge in [0, 0.05) is 12.5 Å². The van der Waals surface area contributed by atoms with Gasteiger partial charge in [0.25, 0.3) is 0 Å². The molecule has 0 rings (SSSR count). The van der Waals surface area contributed by atoms with Crippen LogP contribution in [-0.2, 0) is 14.3 Å². The zero-order valence-electron chi connectivity index (χ0n) is 10.9. The summed E-state index contributed by atoms with van der Waals surface area (Å²) in [7, 11) is 1.34. The molecule has 4 nitrogen and oxygen atoms in total. The molecule has 16 heavy (non-hydrogen) atoms. The molecule has 1 unspecified atom stereocenters. The lowest BCUT2D eigenvalue weighted by Crippen LogP contribution is -2.41. The van der Waals surface area contributed by atoms with Crippen molar-refractivity contribution in [2.24, 2.45) is 11.8 Å². The minimum absolute atomic E-state index is 0.0299. The van der Waals surface area contributed by atoms with Crippen molar-refractivity contribution in [1.29, 1.82) is 0 Å². The van der Waals surface area contributed by atoms with E-state index in [0.717, 1.165) is 6.42 Å². The summed E-state index contributed by atoms with van der Waals surface area (Å²) in [4.78, 5) is 24.8. The van der Waals surface area contributed by atoms with Gasteiger partial charge in [-0.15, -0.1) is 0 Å². The number of ether oxygens (including phenoxy) is 1. The number of carbonyl (C=O) groups is 2. The van der Waals surface area contributed by atoms with Gasteiger partial charge in [-0.25, -0.2) is 0 Å². The van der Waals surface area contributed by atoms with Crippen molar-refractivity contribution < 1.29 is 14.3 Å². The van der Waals surface area contributed by atoms with Crippen molar-refractivity contribution in [2.75, 3.05) is 20.2 Å². The van der Waals surface area contributed by atoms with Crippen LogP contribution in [0.1, 0.15) is 34.1 Å². The van der Waals surface area contributed by atoms with Gasteiger partial charge >= 0.3 is 5.97 Å². The number of esters is 1. The van der Waals surface area contributed by atoms with E-state index in [-0.39, 0.29) is 30.3 Å². The largest absolute Gasteiger partial charge is 0.468 e. The van der Waals surface area contributed by atoms with Gasteiger partial charge in [0.15, 0.2) is 0 Å². The third kappa shape index (κ3) is 4.64. The first-order chi connectivity index (χ1) is 7.43. The number of amides is 1. The summed E-state index contributed by atoms with van der Waals surface area (Å²) in [6, 6.07) is 0. The molecule has 94 valence electrons. The van der Waals surface area contributed by atoms with E-state index in [1.165, 1.54) is 7.11 Å². The van der Waals surface area contributed by atoms with E-state index in [0.29, 0.717) is 6.54 Å².